The van der Waals surface area contributed by atoms with E-state index in [0.717, 1.165) is 6.54 Å². The quantitative estimate of drug-likeness (QED) is 0.758. The van der Waals surface area contributed by atoms with Crippen molar-refractivity contribution < 1.29 is 4.79 Å². The number of benzene rings is 1. The summed E-state index contributed by atoms with van der Waals surface area (Å²) in [5, 5.41) is 3.07. The lowest BCUT2D eigenvalue weighted by Crippen LogP contribution is -2.20. The predicted molar refractivity (Wildman–Crippen MR) is 53.6 cm³/mol. The lowest BCUT2D eigenvalue weighted by Gasteiger charge is -2.02. The maximum Gasteiger partial charge on any atom is 0.143 e. The van der Waals surface area contributed by atoms with E-state index < -0.39 is 0 Å². The van der Waals surface area contributed by atoms with Crippen molar-refractivity contribution in [3.8, 4) is 0 Å². The average Bonchev–Trinajstić information content (AvgIpc) is 2.08. The maximum atomic E-state index is 10.6. The van der Waals surface area contributed by atoms with E-state index in [-0.39, 0.29) is 5.78 Å². The Morgan fingerprint density at radius 1 is 1.31 bits per heavy atom. The number of rotatable bonds is 4. The minimum Gasteiger partial charge on any atom is -0.306 e. The van der Waals surface area contributed by atoms with Crippen LogP contribution in [0.3, 0.4) is 0 Å². The van der Waals surface area contributed by atoms with Crippen LogP contribution in [0.5, 0.6) is 0 Å². The molecule has 1 aromatic rings. The second kappa shape index (κ2) is 4.77. The molecule has 1 rings (SSSR count). The van der Waals surface area contributed by atoms with Crippen LogP contribution in [-0.4, -0.2) is 12.3 Å². The molecule has 2 nitrogen and oxygen atoms in total. The number of nitrogens with one attached hydrogen (secondary N) is 1. The van der Waals surface area contributed by atoms with Crippen LogP contribution in [0.1, 0.15) is 18.1 Å². The fourth-order valence-electron chi connectivity index (χ4n) is 1.09. The second-order valence-corrected chi connectivity index (χ2v) is 3.29. The van der Waals surface area contributed by atoms with E-state index in [4.69, 9.17) is 0 Å². The monoisotopic (exact) mass is 177 g/mol. The largest absolute Gasteiger partial charge is 0.306 e. The molecule has 0 aliphatic carbocycles. The molecule has 0 heterocycles. The van der Waals surface area contributed by atoms with Crippen molar-refractivity contribution in [1.82, 2.24) is 5.32 Å². The highest BCUT2D eigenvalue weighted by Gasteiger charge is 1.93. The van der Waals surface area contributed by atoms with Gasteiger partial charge < -0.3 is 5.32 Å². The van der Waals surface area contributed by atoms with E-state index >= 15 is 0 Å². The van der Waals surface area contributed by atoms with Gasteiger partial charge in [-0.05, 0) is 19.4 Å². The Hall–Kier alpha value is -1.15. The molecule has 70 valence electrons. The van der Waals surface area contributed by atoms with Crippen LogP contribution in [0.2, 0.25) is 0 Å². The van der Waals surface area contributed by atoms with Gasteiger partial charge in [-0.25, -0.2) is 0 Å². The predicted octanol–water partition coefficient (Wildman–Crippen LogP) is 1.67. The lowest BCUT2D eigenvalue weighted by molar-refractivity contribution is -0.116. The zero-order valence-corrected chi connectivity index (χ0v) is 8.13. The van der Waals surface area contributed by atoms with Crippen LogP contribution in [0.25, 0.3) is 0 Å². The molecule has 0 radical (unpaired) electrons. The molecule has 13 heavy (non-hydrogen) atoms. The standard InChI is InChI=1S/C11H15NO/c1-9-3-5-11(6-4-9)8-12-7-10(2)13/h3-6,12H,7-8H2,1-2H3. The van der Waals surface area contributed by atoms with Gasteiger partial charge in [0.15, 0.2) is 0 Å². The van der Waals surface area contributed by atoms with Crippen LogP contribution >= 0.6 is 0 Å². The van der Waals surface area contributed by atoms with E-state index in [2.05, 4.69) is 36.5 Å². The van der Waals surface area contributed by atoms with Gasteiger partial charge in [0.1, 0.15) is 5.78 Å². The number of ketones is 1. The van der Waals surface area contributed by atoms with Gasteiger partial charge in [0.05, 0.1) is 6.54 Å². The second-order valence-electron chi connectivity index (χ2n) is 3.29. The summed E-state index contributed by atoms with van der Waals surface area (Å²) in [5.74, 6) is 0.173. The summed E-state index contributed by atoms with van der Waals surface area (Å²) in [7, 11) is 0. The van der Waals surface area contributed by atoms with Gasteiger partial charge in [-0.2, -0.15) is 0 Å². The maximum absolute atomic E-state index is 10.6. The minimum absolute atomic E-state index is 0.173. The number of carbonyl (C=O) groups excluding carboxylic acids is 1. The van der Waals surface area contributed by atoms with Crippen molar-refractivity contribution in [3.63, 3.8) is 0 Å². The Morgan fingerprint density at radius 2 is 1.92 bits per heavy atom. The van der Waals surface area contributed by atoms with Gasteiger partial charge >= 0.3 is 0 Å². The first kappa shape index (κ1) is 9.93. The fraction of sp³-hybridized carbons (Fsp3) is 0.364. The molecule has 0 spiro atoms. The third-order valence-corrected chi connectivity index (χ3v) is 1.82. The number of carbonyl (C=O) groups is 1. The molecule has 0 aliphatic rings. The van der Waals surface area contributed by atoms with E-state index in [1.807, 2.05) is 0 Å². The molecule has 2 heteroatoms. The number of Topliss-reactive ketones (excluding diaryl/α,β-unsaturated/α-hetero) is 1. The molecule has 0 bridgehead atoms. The molecule has 0 saturated heterocycles. The van der Waals surface area contributed by atoms with E-state index in [0.29, 0.717) is 6.54 Å². The van der Waals surface area contributed by atoms with Crippen LogP contribution in [0.15, 0.2) is 24.3 Å². The number of aryl methyl sites for hydroxylation is 1. The highest BCUT2D eigenvalue weighted by atomic mass is 16.1. The first-order chi connectivity index (χ1) is 6.18. The van der Waals surface area contributed by atoms with Crippen LogP contribution in [0, 0.1) is 6.92 Å². The molecule has 1 aromatic carbocycles. The first-order valence-corrected chi connectivity index (χ1v) is 4.44. The van der Waals surface area contributed by atoms with Crippen molar-refractivity contribution in [2.24, 2.45) is 0 Å². The molecule has 0 saturated carbocycles. The fourth-order valence-corrected chi connectivity index (χ4v) is 1.09. The normalized spacial score (nSPS) is 10.0. The summed E-state index contributed by atoms with van der Waals surface area (Å²) >= 11 is 0. The molecular formula is C11H15NO. The summed E-state index contributed by atoms with van der Waals surface area (Å²) in [5.41, 5.74) is 2.47. The molecule has 0 aromatic heterocycles. The van der Waals surface area contributed by atoms with E-state index in [1.165, 1.54) is 11.1 Å². The van der Waals surface area contributed by atoms with Crippen molar-refractivity contribution in [2.75, 3.05) is 6.54 Å². The van der Waals surface area contributed by atoms with Crippen LogP contribution < -0.4 is 5.32 Å². The highest BCUT2D eigenvalue weighted by Crippen LogP contribution is 2.01. The topological polar surface area (TPSA) is 29.1 Å². The van der Waals surface area contributed by atoms with Gasteiger partial charge in [0, 0.05) is 6.54 Å². The zero-order valence-electron chi connectivity index (χ0n) is 8.13. The molecule has 0 unspecified atom stereocenters. The first-order valence-electron chi connectivity index (χ1n) is 4.44. The Labute approximate surface area is 79.0 Å². The van der Waals surface area contributed by atoms with Crippen LogP contribution in [0.4, 0.5) is 0 Å². The third kappa shape index (κ3) is 3.85. The van der Waals surface area contributed by atoms with Gasteiger partial charge in [0.2, 0.25) is 0 Å². The summed E-state index contributed by atoms with van der Waals surface area (Å²) in [4.78, 5) is 10.6. The van der Waals surface area contributed by atoms with Gasteiger partial charge in [-0.15, -0.1) is 0 Å². The Kier molecular flexibility index (Phi) is 3.65. The molecule has 0 amide bonds. The summed E-state index contributed by atoms with van der Waals surface area (Å²) < 4.78 is 0. The smallest absolute Gasteiger partial charge is 0.143 e. The van der Waals surface area contributed by atoms with Gasteiger partial charge in [-0.1, -0.05) is 29.8 Å². The van der Waals surface area contributed by atoms with E-state index in [1.54, 1.807) is 6.92 Å². The summed E-state index contributed by atoms with van der Waals surface area (Å²) in [6, 6.07) is 8.29. The zero-order chi connectivity index (χ0) is 9.68. The average molecular weight is 177 g/mol. The van der Waals surface area contributed by atoms with Crippen molar-refractivity contribution in [1.29, 1.82) is 0 Å². The van der Waals surface area contributed by atoms with Gasteiger partial charge in [0.25, 0.3) is 0 Å². The Morgan fingerprint density at radius 3 is 2.46 bits per heavy atom. The molecular weight excluding hydrogens is 162 g/mol. The minimum atomic E-state index is 0.173. The van der Waals surface area contributed by atoms with Crippen molar-refractivity contribution in [3.05, 3.63) is 35.4 Å². The molecule has 0 aliphatic heterocycles. The van der Waals surface area contributed by atoms with E-state index in [9.17, 15) is 4.79 Å². The molecule has 0 fully saturated rings. The molecule has 1 N–H and O–H groups in total. The van der Waals surface area contributed by atoms with Crippen LogP contribution in [-0.2, 0) is 11.3 Å². The summed E-state index contributed by atoms with van der Waals surface area (Å²) in [6.07, 6.45) is 0. The SMILES string of the molecule is CC(=O)CNCc1ccc(C)cc1. The highest BCUT2D eigenvalue weighted by molar-refractivity contribution is 5.77. The molecule has 0 atom stereocenters. The van der Waals surface area contributed by atoms with Crippen molar-refractivity contribution in [2.45, 2.75) is 20.4 Å². The Bertz CT molecular complexity index is 277. The third-order valence-electron chi connectivity index (χ3n) is 1.82. The number of hydrogen-bond acceptors (Lipinski definition) is 2. The Balaban J connectivity index is 2.37. The number of hydrogen-bond donors (Lipinski definition) is 1. The summed E-state index contributed by atoms with van der Waals surface area (Å²) in [6.45, 7) is 4.86. The van der Waals surface area contributed by atoms with Gasteiger partial charge in [-0.3, -0.25) is 4.79 Å². The van der Waals surface area contributed by atoms with Crippen molar-refractivity contribution >= 4 is 5.78 Å². The lowest BCUT2D eigenvalue weighted by atomic mass is 10.1.